The Bertz CT molecular complexity index is 632. The van der Waals surface area contributed by atoms with Gasteiger partial charge in [0.05, 0.1) is 0 Å². The third kappa shape index (κ3) is 3.43. The predicted octanol–water partition coefficient (Wildman–Crippen LogP) is 2.21. The first-order valence-electron chi connectivity index (χ1n) is 9.37. The summed E-state index contributed by atoms with van der Waals surface area (Å²) in [5.74, 6) is 0.403. The van der Waals surface area contributed by atoms with Gasteiger partial charge in [-0.3, -0.25) is 9.59 Å². The second-order valence-electron chi connectivity index (χ2n) is 7.74. The van der Waals surface area contributed by atoms with Crippen LogP contribution < -0.4 is 0 Å². The van der Waals surface area contributed by atoms with Crippen molar-refractivity contribution in [3.05, 3.63) is 35.9 Å². The highest BCUT2D eigenvalue weighted by atomic mass is 16.5. The lowest BCUT2D eigenvalue weighted by Crippen LogP contribution is -2.47. The molecule has 0 radical (unpaired) electrons. The number of ether oxygens (including phenoxy) is 1. The molecule has 0 aliphatic carbocycles. The number of amides is 2. The summed E-state index contributed by atoms with van der Waals surface area (Å²) in [4.78, 5) is 28.9. The van der Waals surface area contributed by atoms with Gasteiger partial charge in [-0.2, -0.15) is 0 Å². The largest absolute Gasteiger partial charge is 0.368 e. The Morgan fingerprint density at radius 3 is 2.64 bits per heavy atom. The Hall–Kier alpha value is -1.88. The van der Waals surface area contributed by atoms with Gasteiger partial charge in [0.25, 0.3) is 5.91 Å². The van der Waals surface area contributed by atoms with Gasteiger partial charge in [-0.25, -0.2) is 0 Å². The summed E-state index contributed by atoms with van der Waals surface area (Å²) in [7, 11) is 0. The van der Waals surface area contributed by atoms with Gasteiger partial charge in [0.15, 0.2) is 0 Å². The van der Waals surface area contributed by atoms with Crippen molar-refractivity contribution >= 4 is 11.8 Å². The van der Waals surface area contributed by atoms with E-state index in [0.29, 0.717) is 19.6 Å². The van der Waals surface area contributed by atoms with E-state index < -0.39 is 0 Å². The van der Waals surface area contributed by atoms with E-state index in [1.807, 2.05) is 28.0 Å². The molecule has 0 saturated carbocycles. The Balaban J connectivity index is 1.35. The predicted molar refractivity (Wildman–Crippen MR) is 93.7 cm³/mol. The number of carbonyl (C=O) groups excluding carboxylic acids is 2. The zero-order valence-corrected chi connectivity index (χ0v) is 14.7. The van der Waals surface area contributed by atoms with Crippen LogP contribution in [0.25, 0.3) is 0 Å². The Labute approximate surface area is 148 Å². The van der Waals surface area contributed by atoms with Gasteiger partial charge >= 0.3 is 0 Å². The molecule has 3 aliphatic heterocycles. The third-order valence-corrected chi connectivity index (χ3v) is 5.96. The fraction of sp³-hybridized carbons (Fsp3) is 0.600. The van der Waals surface area contributed by atoms with Crippen LogP contribution in [0.2, 0.25) is 0 Å². The van der Waals surface area contributed by atoms with E-state index in [2.05, 4.69) is 12.1 Å². The molecule has 3 aliphatic rings. The number of piperidine rings is 1. The summed E-state index contributed by atoms with van der Waals surface area (Å²) in [6.45, 7) is 3.73. The first-order chi connectivity index (χ1) is 12.2. The molecule has 5 heteroatoms. The van der Waals surface area contributed by atoms with Crippen molar-refractivity contribution < 1.29 is 14.3 Å². The molecule has 0 bridgehead atoms. The molecule has 134 valence electrons. The van der Waals surface area contributed by atoms with E-state index in [4.69, 9.17) is 4.74 Å². The van der Waals surface area contributed by atoms with Gasteiger partial charge in [0.1, 0.15) is 6.10 Å². The van der Waals surface area contributed by atoms with Crippen LogP contribution in [0.5, 0.6) is 0 Å². The number of nitrogens with zero attached hydrogens (tertiary/aromatic N) is 2. The van der Waals surface area contributed by atoms with Gasteiger partial charge in [0.2, 0.25) is 5.91 Å². The van der Waals surface area contributed by atoms with E-state index in [1.54, 1.807) is 0 Å². The first kappa shape index (κ1) is 16.6. The fourth-order valence-corrected chi connectivity index (χ4v) is 4.44. The molecule has 2 amide bonds. The SMILES string of the molecule is O=C1CC2(CCN(C(=O)[C@H]3CCCO3)CC2)CN1Cc1ccccc1. The van der Waals surface area contributed by atoms with Crippen LogP contribution in [0.3, 0.4) is 0 Å². The lowest BCUT2D eigenvalue weighted by molar-refractivity contribution is -0.143. The van der Waals surface area contributed by atoms with E-state index in [1.165, 1.54) is 5.56 Å². The van der Waals surface area contributed by atoms with E-state index in [-0.39, 0.29) is 23.3 Å². The maximum atomic E-state index is 12.5. The standard InChI is InChI=1S/C20H26N2O3/c23-18-13-20(15-22(18)14-16-5-2-1-3-6-16)8-10-21(11-9-20)19(24)17-7-4-12-25-17/h1-3,5-6,17H,4,7-15H2/t17-/m1/s1. The second-order valence-corrected chi connectivity index (χ2v) is 7.74. The normalized spacial score (nSPS) is 25.8. The molecule has 4 rings (SSSR count). The molecule has 1 spiro atoms. The van der Waals surface area contributed by atoms with Crippen molar-refractivity contribution in [2.24, 2.45) is 5.41 Å². The van der Waals surface area contributed by atoms with E-state index >= 15 is 0 Å². The van der Waals surface area contributed by atoms with Gasteiger partial charge in [0, 0.05) is 44.6 Å². The number of benzene rings is 1. The summed E-state index contributed by atoms with van der Waals surface area (Å²) < 4.78 is 5.53. The van der Waals surface area contributed by atoms with Crippen LogP contribution in [0.1, 0.15) is 37.7 Å². The Morgan fingerprint density at radius 1 is 1.20 bits per heavy atom. The fourth-order valence-electron chi connectivity index (χ4n) is 4.44. The molecule has 1 aromatic rings. The van der Waals surface area contributed by atoms with Gasteiger partial charge in [-0.15, -0.1) is 0 Å². The summed E-state index contributed by atoms with van der Waals surface area (Å²) in [6.07, 6.45) is 4.07. The topological polar surface area (TPSA) is 49.9 Å². The molecule has 0 unspecified atom stereocenters. The quantitative estimate of drug-likeness (QED) is 0.846. The van der Waals surface area contributed by atoms with Gasteiger partial charge < -0.3 is 14.5 Å². The molecule has 1 atom stereocenters. The molecule has 0 N–H and O–H groups in total. The molecular weight excluding hydrogens is 316 g/mol. The van der Waals surface area contributed by atoms with Gasteiger partial charge in [-0.1, -0.05) is 30.3 Å². The van der Waals surface area contributed by atoms with Crippen LogP contribution in [0.15, 0.2) is 30.3 Å². The van der Waals surface area contributed by atoms with Crippen molar-refractivity contribution in [2.75, 3.05) is 26.2 Å². The minimum absolute atomic E-state index is 0.0547. The van der Waals surface area contributed by atoms with Crippen LogP contribution in [0, 0.1) is 5.41 Å². The van der Waals surface area contributed by atoms with Crippen molar-refractivity contribution in [3.8, 4) is 0 Å². The molecule has 3 saturated heterocycles. The van der Waals surface area contributed by atoms with E-state index in [9.17, 15) is 9.59 Å². The smallest absolute Gasteiger partial charge is 0.251 e. The highest BCUT2D eigenvalue weighted by Gasteiger charge is 2.45. The number of likely N-dealkylation sites (tertiary alicyclic amines) is 2. The molecule has 0 aromatic heterocycles. The number of hydrogen-bond acceptors (Lipinski definition) is 3. The lowest BCUT2D eigenvalue weighted by Gasteiger charge is -2.39. The molecule has 1 aromatic carbocycles. The van der Waals surface area contributed by atoms with Gasteiger partial charge in [-0.05, 0) is 31.2 Å². The highest BCUT2D eigenvalue weighted by molar-refractivity contribution is 5.82. The highest BCUT2D eigenvalue weighted by Crippen LogP contribution is 2.41. The van der Waals surface area contributed by atoms with Crippen LogP contribution >= 0.6 is 0 Å². The molecule has 5 nitrogen and oxygen atoms in total. The summed E-state index contributed by atoms with van der Waals surface area (Å²) in [5.41, 5.74) is 1.23. The zero-order valence-electron chi connectivity index (χ0n) is 14.7. The monoisotopic (exact) mass is 342 g/mol. The van der Waals surface area contributed by atoms with Crippen molar-refractivity contribution in [1.82, 2.24) is 9.80 Å². The maximum Gasteiger partial charge on any atom is 0.251 e. The zero-order chi connectivity index (χ0) is 17.3. The van der Waals surface area contributed by atoms with Crippen molar-refractivity contribution in [1.29, 1.82) is 0 Å². The number of hydrogen-bond donors (Lipinski definition) is 0. The molecule has 3 heterocycles. The average molecular weight is 342 g/mol. The lowest BCUT2D eigenvalue weighted by atomic mass is 9.77. The first-order valence-corrected chi connectivity index (χ1v) is 9.37. The summed E-state index contributed by atoms with van der Waals surface area (Å²) in [6, 6.07) is 10.2. The van der Waals surface area contributed by atoms with Crippen LogP contribution in [-0.2, 0) is 20.9 Å². The number of carbonyl (C=O) groups is 2. The summed E-state index contributed by atoms with van der Waals surface area (Å²) >= 11 is 0. The second kappa shape index (κ2) is 6.79. The maximum absolute atomic E-state index is 12.5. The Morgan fingerprint density at radius 2 is 1.96 bits per heavy atom. The Kier molecular flexibility index (Phi) is 4.50. The molecular formula is C20H26N2O3. The van der Waals surface area contributed by atoms with Crippen LogP contribution in [-0.4, -0.2) is 54.0 Å². The van der Waals surface area contributed by atoms with Crippen molar-refractivity contribution in [2.45, 2.75) is 44.8 Å². The minimum atomic E-state index is -0.228. The molecule has 25 heavy (non-hydrogen) atoms. The van der Waals surface area contributed by atoms with Crippen molar-refractivity contribution in [3.63, 3.8) is 0 Å². The average Bonchev–Trinajstić information content (AvgIpc) is 3.25. The summed E-state index contributed by atoms with van der Waals surface area (Å²) in [5, 5.41) is 0. The number of rotatable bonds is 3. The third-order valence-electron chi connectivity index (χ3n) is 5.96. The molecule has 3 fully saturated rings. The van der Waals surface area contributed by atoms with E-state index in [0.717, 1.165) is 45.3 Å². The minimum Gasteiger partial charge on any atom is -0.368 e. The van der Waals surface area contributed by atoms with Crippen LogP contribution in [0.4, 0.5) is 0 Å².